The van der Waals surface area contributed by atoms with Crippen molar-refractivity contribution in [3.8, 4) is 5.75 Å². The zero-order valence-electron chi connectivity index (χ0n) is 12.9. The third-order valence-corrected chi connectivity index (χ3v) is 3.08. The van der Waals surface area contributed by atoms with E-state index in [1.807, 2.05) is 33.2 Å². The number of aryl methyl sites for hydroxylation is 1. The highest BCUT2D eigenvalue weighted by molar-refractivity contribution is 6.30. The minimum atomic E-state index is -0.162. The third kappa shape index (κ3) is 7.78. The highest BCUT2D eigenvalue weighted by Crippen LogP contribution is 2.21. The number of benzene rings is 1. The molecule has 0 bridgehead atoms. The first kappa shape index (κ1) is 17.6. The lowest BCUT2D eigenvalue weighted by molar-refractivity contribution is 0.235. The van der Waals surface area contributed by atoms with E-state index in [9.17, 15) is 4.79 Å². The Kier molecular flexibility index (Phi) is 7.93. The first-order valence-corrected chi connectivity index (χ1v) is 7.42. The van der Waals surface area contributed by atoms with E-state index in [1.165, 1.54) is 0 Å². The van der Waals surface area contributed by atoms with Gasteiger partial charge in [0, 0.05) is 11.6 Å². The predicted octanol–water partition coefficient (Wildman–Crippen LogP) is 2.28. The van der Waals surface area contributed by atoms with Crippen LogP contribution in [0.2, 0.25) is 5.02 Å². The Morgan fingerprint density at radius 1 is 1.29 bits per heavy atom. The maximum atomic E-state index is 11.5. The molecule has 1 rings (SSSR count). The summed E-state index contributed by atoms with van der Waals surface area (Å²) in [6.45, 7) is 4.45. The SMILES string of the molecule is Cc1cc(Cl)ccc1OCCNC(=O)NCCCN(C)C. The molecule has 5 nitrogen and oxygen atoms in total. The van der Waals surface area contributed by atoms with E-state index in [0.717, 1.165) is 24.3 Å². The van der Waals surface area contributed by atoms with Gasteiger partial charge in [0.15, 0.2) is 0 Å². The fourth-order valence-electron chi connectivity index (χ4n) is 1.76. The highest BCUT2D eigenvalue weighted by atomic mass is 35.5. The molecule has 1 aromatic rings. The molecule has 118 valence electrons. The van der Waals surface area contributed by atoms with Gasteiger partial charge in [-0.05, 0) is 57.7 Å². The van der Waals surface area contributed by atoms with Crippen molar-refractivity contribution < 1.29 is 9.53 Å². The zero-order chi connectivity index (χ0) is 15.7. The molecule has 0 saturated heterocycles. The highest BCUT2D eigenvalue weighted by Gasteiger charge is 2.02. The molecule has 0 atom stereocenters. The van der Waals surface area contributed by atoms with Crippen molar-refractivity contribution >= 4 is 17.6 Å². The van der Waals surface area contributed by atoms with E-state index in [0.29, 0.717) is 24.7 Å². The molecular formula is C15H24ClN3O2. The van der Waals surface area contributed by atoms with Gasteiger partial charge in [-0.3, -0.25) is 0 Å². The number of carbonyl (C=O) groups is 1. The molecule has 6 heteroatoms. The van der Waals surface area contributed by atoms with E-state index in [2.05, 4.69) is 15.5 Å². The molecule has 1 aromatic carbocycles. The number of amides is 2. The van der Waals surface area contributed by atoms with E-state index < -0.39 is 0 Å². The summed E-state index contributed by atoms with van der Waals surface area (Å²) in [6, 6.07) is 5.31. The zero-order valence-corrected chi connectivity index (χ0v) is 13.7. The van der Waals surface area contributed by atoms with Gasteiger partial charge < -0.3 is 20.3 Å². The molecule has 0 radical (unpaired) electrons. The number of carbonyl (C=O) groups excluding carboxylic acids is 1. The monoisotopic (exact) mass is 313 g/mol. The lowest BCUT2D eigenvalue weighted by Crippen LogP contribution is -2.38. The molecule has 0 heterocycles. The van der Waals surface area contributed by atoms with Gasteiger partial charge in [-0.15, -0.1) is 0 Å². The fraction of sp³-hybridized carbons (Fsp3) is 0.533. The molecule has 0 aliphatic carbocycles. The van der Waals surface area contributed by atoms with Crippen molar-refractivity contribution in [2.24, 2.45) is 0 Å². The topological polar surface area (TPSA) is 53.6 Å². The van der Waals surface area contributed by atoms with Crippen LogP contribution in [0.5, 0.6) is 5.75 Å². The molecule has 0 aliphatic heterocycles. The summed E-state index contributed by atoms with van der Waals surface area (Å²) < 4.78 is 5.59. The summed E-state index contributed by atoms with van der Waals surface area (Å²) in [5.41, 5.74) is 0.982. The van der Waals surface area contributed by atoms with Crippen LogP contribution in [0.25, 0.3) is 0 Å². The smallest absolute Gasteiger partial charge is 0.314 e. The number of nitrogens with zero attached hydrogens (tertiary/aromatic N) is 1. The van der Waals surface area contributed by atoms with Gasteiger partial charge in [0.05, 0.1) is 6.54 Å². The molecule has 0 unspecified atom stereocenters. The second kappa shape index (κ2) is 9.47. The van der Waals surface area contributed by atoms with Gasteiger partial charge in [-0.1, -0.05) is 11.6 Å². The molecule has 2 amide bonds. The van der Waals surface area contributed by atoms with E-state index in [4.69, 9.17) is 16.3 Å². The fourth-order valence-corrected chi connectivity index (χ4v) is 1.99. The lowest BCUT2D eigenvalue weighted by atomic mass is 10.2. The van der Waals surface area contributed by atoms with Gasteiger partial charge in [0.25, 0.3) is 0 Å². The van der Waals surface area contributed by atoms with Crippen molar-refractivity contribution in [1.29, 1.82) is 0 Å². The molecule has 0 aliphatic rings. The van der Waals surface area contributed by atoms with Crippen LogP contribution < -0.4 is 15.4 Å². The van der Waals surface area contributed by atoms with Crippen LogP contribution >= 0.6 is 11.6 Å². The van der Waals surface area contributed by atoms with Crippen LogP contribution in [0.3, 0.4) is 0 Å². The normalized spacial score (nSPS) is 10.5. The van der Waals surface area contributed by atoms with Crippen LogP contribution in [0.15, 0.2) is 18.2 Å². The molecular weight excluding hydrogens is 290 g/mol. The Labute approximate surface area is 131 Å². The number of rotatable bonds is 8. The molecule has 0 spiro atoms. The number of hydrogen-bond acceptors (Lipinski definition) is 3. The summed E-state index contributed by atoms with van der Waals surface area (Å²) in [4.78, 5) is 13.6. The molecule has 21 heavy (non-hydrogen) atoms. The average molecular weight is 314 g/mol. The van der Waals surface area contributed by atoms with Crippen molar-refractivity contribution in [3.05, 3.63) is 28.8 Å². The molecule has 0 saturated carbocycles. The Balaban J connectivity index is 2.12. The van der Waals surface area contributed by atoms with E-state index in [-0.39, 0.29) is 6.03 Å². The molecule has 0 aromatic heterocycles. The number of nitrogens with one attached hydrogen (secondary N) is 2. The quantitative estimate of drug-likeness (QED) is 0.724. The van der Waals surface area contributed by atoms with E-state index in [1.54, 1.807) is 6.07 Å². The molecule has 0 fully saturated rings. The average Bonchev–Trinajstić information content (AvgIpc) is 2.41. The first-order chi connectivity index (χ1) is 9.99. The summed E-state index contributed by atoms with van der Waals surface area (Å²) in [7, 11) is 4.02. The summed E-state index contributed by atoms with van der Waals surface area (Å²) >= 11 is 5.88. The van der Waals surface area contributed by atoms with Gasteiger partial charge in [0.2, 0.25) is 0 Å². The Morgan fingerprint density at radius 3 is 2.67 bits per heavy atom. The van der Waals surface area contributed by atoms with E-state index >= 15 is 0 Å². The summed E-state index contributed by atoms with van der Waals surface area (Å²) in [5, 5.41) is 6.25. The Bertz CT molecular complexity index is 453. The Hall–Kier alpha value is -1.46. The summed E-state index contributed by atoms with van der Waals surface area (Å²) in [6.07, 6.45) is 0.931. The maximum absolute atomic E-state index is 11.5. The number of hydrogen-bond donors (Lipinski definition) is 2. The van der Waals surface area contributed by atoms with Gasteiger partial charge in [0.1, 0.15) is 12.4 Å². The maximum Gasteiger partial charge on any atom is 0.314 e. The Morgan fingerprint density at radius 2 is 2.00 bits per heavy atom. The first-order valence-electron chi connectivity index (χ1n) is 7.04. The minimum absolute atomic E-state index is 0.162. The van der Waals surface area contributed by atoms with Crippen molar-refractivity contribution in [2.75, 3.05) is 40.3 Å². The van der Waals surface area contributed by atoms with Crippen LogP contribution in [0, 0.1) is 6.92 Å². The predicted molar refractivity (Wildman–Crippen MR) is 86.3 cm³/mol. The third-order valence-electron chi connectivity index (χ3n) is 2.85. The van der Waals surface area contributed by atoms with Crippen molar-refractivity contribution in [3.63, 3.8) is 0 Å². The van der Waals surface area contributed by atoms with Crippen LogP contribution in [0.4, 0.5) is 4.79 Å². The van der Waals surface area contributed by atoms with Gasteiger partial charge in [-0.2, -0.15) is 0 Å². The van der Waals surface area contributed by atoms with Gasteiger partial charge >= 0.3 is 6.03 Å². The lowest BCUT2D eigenvalue weighted by Gasteiger charge is -2.12. The number of halogens is 1. The summed E-state index contributed by atoms with van der Waals surface area (Å²) in [5.74, 6) is 0.785. The number of urea groups is 1. The van der Waals surface area contributed by atoms with Crippen molar-refractivity contribution in [2.45, 2.75) is 13.3 Å². The van der Waals surface area contributed by atoms with Crippen LogP contribution in [-0.4, -0.2) is 51.3 Å². The second-order valence-electron chi connectivity index (χ2n) is 5.10. The standard InChI is InChI=1S/C15H24ClN3O2/c1-12-11-13(16)5-6-14(12)21-10-8-18-15(20)17-7-4-9-19(2)3/h5-6,11H,4,7-10H2,1-3H3,(H2,17,18,20). The number of ether oxygens (including phenoxy) is 1. The largest absolute Gasteiger partial charge is 0.491 e. The second-order valence-corrected chi connectivity index (χ2v) is 5.53. The molecule has 2 N–H and O–H groups in total. The van der Waals surface area contributed by atoms with Crippen LogP contribution in [0.1, 0.15) is 12.0 Å². The van der Waals surface area contributed by atoms with Gasteiger partial charge in [-0.25, -0.2) is 4.79 Å². The van der Waals surface area contributed by atoms with Crippen LogP contribution in [-0.2, 0) is 0 Å². The van der Waals surface area contributed by atoms with Crippen molar-refractivity contribution in [1.82, 2.24) is 15.5 Å². The minimum Gasteiger partial charge on any atom is -0.491 e.